The van der Waals surface area contributed by atoms with Crippen molar-refractivity contribution < 1.29 is 9.90 Å². The van der Waals surface area contributed by atoms with Crippen LogP contribution in [0, 0.1) is 0 Å². The summed E-state index contributed by atoms with van der Waals surface area (Å²) in [5, 5.41) is 9.44. The minimum atomic E-state index is -0.733. The van der Waals surface area contributed by atoms with Gasteiger partial charge in [-0.25, -0.2) is 0 Å². The van der Waals surface area contributed by atoms with Crippen LogP contribution in [0.25, 0.3) is 0 Å². The summed E-state index contributed by atoms with van der Waals surface area (Å²) >= 11 is 0. The van der Waals surface area contributed by atoms with Gasteiger partial charge in [-0.1, -0.05) is 30.3 Å². The number of likely N-dealkylation sites (N-methyl/N-ethyl adjacent to an activating group) is 1. The molecule has 0 amide bonds. The van der Waals surface area contributed by atoms with Crippen molar-refractivity contribution in [1.82, 2.24) is 9.80 Å². The number of nitrogens with zero attached hydrogens (tertiary/aromatic N) is 2. The van der Waals surface area contributed by atoms with E-state index in [4.69, 9.17) is 0 Å². The number of hydrogen-bond acceptors (Lipinski definition) is 3. The van der Waals surface area contributed by atoms with Gasteiger partial charge in [0.25, 0.3) is 0 Å². The van der Waals surface area contributed by atoms with Gasteiger partial charge in [-0.05, 0) is 32.1 Å². The minimum absolute atomic E-state index is 0.426. The van der Waals surface area contributed by atoms with Gasteiger partial charge >= 0.3 is 5.97 Å². The average Bonchev–Trinajstić information content (AvgIpc) is 2.61. The molecule has 0 radical (unpaired) electrons. The monoisotopic (exact) mass is 262 g/mol. The predicted molar refractivity (Wildman–Crippen MR) is 75.4 cm³/mol. The molecule has 1 aromatic carbocycles. The Labute approximate surface area is 114 Å². The average molecular weight is 262 g/mol. The Bertz CT molecular complexity index is 408. The summed E-state index contributed by atoms with van der Waals surface area (Å²) < 4.78 is 0. The number of hydrogen-bond donors (Lipinski definition) is 1. The molecule has 1 aliphatic rings. The van der Waals surface area contributed by atoms with Crippen molar-refractivity contribution in [3.8, 4) is 0 Å². The van der Waals surface area contributed by atoms with E-state index in [9.17, 15) is 9.90 Å². The quantitative estimate of drug-likeness (QED) is 0.893. The molecule has 1 atom stereocenters. The van der Waals surface area contributed by atoms with E-state index in [-0.39, 0.29) is 0 Å². The van der Waals surface area contributed by atoms with Crippen molar-refractivity contribution in [2.45, 2.75) is 12.3 Å². The fourth-order valence-corrected chi connectivity index (χ4v) is 2.55. The van der Waals surface area contributed by atoms with Gasteiger partial charge in [-0.2, -0.15) is 0 Å². The molecule has 1 heterocycles. The zero-order valence-electron chi connectivity index (χ0n) is 11.5. The summed E-state index contributed by atoms with van der Waals surface area (Å²) in [6, 6.07) is 9.54. The van der Waals surface area contributed by atoms with Crippen LogP contribution in [0.4, 0.5) is 0 Å². The minimum Gasteiger partial charge on any atom is -0.481 e. The van der Waals surface area contributed by atoms with E-state index in [0.717, 1.165) is 38.2 Å². The SMILES string of the molecule is CN1CCCN(CC(C(=O)O)c2ccccc2)CC1. The second-order valence-corrected chi connectivity index (χ2v) is 5.26. The van der Waals surface area contributed by atoms with Gasteiger partial charge in [0.2, 0.25) is 0 Å². The summed E-state index contributed by atoms with van der Waals surface area (Å²) in [7, 11) is 2.12. The second-order valence-electron chi connectivity index (χ2n) is 5.26. The molecule has 1 saturated heterocycles. The van der Waals surface area contributed by atoms with Crippen molar-refractivity contribution in [1.29, 1.82) is 0 Å². The first-order valence-electron chi connectivity index (χ1n) is 6.85. The number of benzene rings is 1. The van der Waals surface area contributed by atoms with Gasteiger partial charge in [0.05, 0.1) is 5.92 Å². The Morgan fingerprint density at radius 3 is 2.63 bits per heavy atom. The summed E-state index contributed by atoms with van der Waals surface area (Å²) in [6.07, 6.45) is 1.11. The lowest BCUT2D eigenvalue weighted by Crippen LogP contribution is -2.34. The Kier molecular flexibility index (Phi) is 4.93. The maximum absolute atomic E-state index is 11.5. The number of aliphatic carboxylic acids is 1. The molecule has 0 bridgehead atoms. The Hall–Kier alpha value is -1.39. The third-order valence-electron chi connectivity index (χ3n) is 3.75. The van der Waals surface area contributed by atoms with Crippen molar-refractivity contribution >= 4 is 5.97 Å². The molecule has 1 aliphatic heterocycles. The predicted octanol–water partition coefficient (Wildman–Crippen LogP) is 1.49. The number of carboxylic acid groups (broad SMARTS) is 1. The third-order valence-corrected chi connectivity index (χ3v) is 3.75. The molecule has 0 aliphatic carbocycles. The van der Waals surface area contributed by atoms with Gasteiger partial charge in [0, 0.05) is 19.6 Å². The van der Waals surface area contributed by atoms with Gasteiger partial charge < -0.3 is 14.9 Å². The Morgan fingerprint density at radius 1 is 1.21 bits per heavy atom. The molecule has 19 heavy (non-hydrogen) atoms. The van der Waals surface area contributed by atoms with Crippen molar-refractivity contribution in [2.24, 2.45) is 0 Å². The Balaban J connectivity index is 2.03. The molecule has 0 aromatic heterocycles. The lowest BCUT2D eigenvalue weighted by atomic mass is 9.98. The molecule has 0 spiro atoms. The second kappa shape index (κ2) is 6.68. The van der Waals surface area contributed by atoms with Crippen LogP contribution in [0.1, 0.15) is 17.9 Å². The molecule has 1 N–H and O–H groups in total. The van der Waals surface area contributed by atoms with Gasteiger partial charge in [0.1, 0.15) is 0 Å². The lowest BCUT2D eigenvalue weighted by Gasteiger charge is -2.24. The maximum atomic E-state index is 11.5. The number of rotatable bonds is 4. The first-order valence-corrected chi connectivity index (χ1v) is 6.85. The van der Waals surface area contributed by atoms with Crippen LogP contribution in [-0.4, -0.2) is 60.6 Å². The summed E-state index contributed by atoms with van der Waals surface area (Å²) in [4.78, 5) is 16.1. The smallest absolute Gasteiger partial charge is 0.312 e. The van der Waals surface area contributed by atoms with Crippen LogP contribution in [0.5, 0.6) is 0 Å². The number of carboxylic acids is 1. The van der Waals surface area contributed by atoms with E-state index in [1.165, 1.54) is 0 Å². The zero-order chi connectivity index (χ0) is 13.7. The molecule has 4 nitrogen and oxygen atoms in total. The van der Waals surface area contributed by atoms with E-state index >= 15 is 0 Å². The third kappa shape index (κ3) is 4.04. The molecule has 1 unspecified atom stereocenters. The molecular weight excluding hydrogens is 240 g/mol. The van der Waals surface area contributed by atoms with Crippen LogP contribution >= 0.6 is 0 Å². The molecule has 1 aromatic rings. The fraction of sp³-hybridized carbons (Fsp3) is 0.533. The van der Waals surface area contributed by atoms with Crippen LogP contribution in [0.15, 0.2) is 30.3 Å². The summed E-state index contributed by atoms with van der Waals surface area (Å²) in [5.41, 5.74) is 0.896. The maximum Gasteiger partial charge on any atom is 0.312 e. The van der Waals surface area contributed by atoms with E-state index in [1.54, 1.807) is 0 Å². The van der Waals surface area contributed by atoms with Crippen molar-refractivity contribution in [3.63, 3.8) is 0 Å². The highest BCUT2D eigenvalue weighted by molar-refractivity contribution is 5.76. The highest BCUT2D eigenvalue weighted by Gasteiger charge is 2.23. The van der Waals surface area contributed by atoms with Gasteiger partial charge in [-0.15, -0.1) is 0 Å². The van der Waals surface area contributed by atoms with Gasteiger partial charge in [0.15, 0.2) is 0 Å². The van der Waals surface area contributed by atoms with Crippen LogP contribution in [0.3, 0.4) is 0 Å². The standard InChI is InChI=1S/C15H22N2O2/c1-16-8-5-9-17(11-10-16)12-14(15(18)19)13-6-3-2-4-7-13/h2-4,6-7,14H,5,8-12H2,1H3,(H,18,19). The van der Waals surface area contributed by atoms with E-state index < -0.39 is 11.9 Å². The Morgan fingerprint density at radius 2 is 1.95 bits per heavy atom. The van der Waals surface area contributed by atoms with E-state index in [2.05, 4.69) is 16.8 Å². The first-order chi connectivity index (χ1) is 9.16. The summed E-state index contributed by atoms with van der Waals surface area (Å²) in [6.45, 7) is 4.65. The van der Waals surface area contributed by atoms with Gasteiger partial charge in [-0.3, -0.25) is 4.79 Å². The van der Waals surface area contributed by atoms with E-state index in [0.29, 0.717) is 6.54 Å². The molecule has 2 rings (SSSR count). The first kappa shape index (κ1) is 14.0. The normalized spacial score (nSPS) is 19.8. The molecular formula is C15H22N2O2. The number of carbonyl (C=O) groups is 1. The highest BCUT2D eigenvalue weighted by atomic mass is 16.4. The fourth-order valence-electron chi connectivity index (χ4n) is 2.55. The molecule has 0 saturated carbocycles. The molecule has 4 heteroatoms. The van der Waals surface area contributed by atoms with Crippen LogP contribution in [0.2, 0.25) is 0 Å². The van der Waals surface area contributed by atoms with Crippen molar-refractivity contribution in [3.05, 3.63) is 35.9 Å². The largest absolute Gasteiger partial charge is 0.481 e. The lowest BCUT2D eigenvalue weighted by molar-refractivity contribution is -0.139. The van der Waals surface area contributed by atoms with Crippen LogP contribution in [-0.2, 0) is 4.79 Å². The zero-order valence-corrected chi connectivity index (χ0v) is 11.5. The van der Waals surface area contributed by atoms with E-state index in [1.807, 2.05) is 30.3 Å². The van der Waals surface area contributed by atoms with Crippen LogP contribution < -0.4 is 0 Å². The molecule has 1 fully saturated rings. The summed E-state index contributed by atoms with van der Waals surface area (Å²) in [5.74, 6) is -1.16. The highest BCUT2D eigenvalue weighted by Crippen LogP contribution is 2.18. The molecule has 104 valence electrons. The topological polar surface area (TPSA) is 43.8 Å². The van der Waals surface area contributed by atoms with Crippen molar-refractivity contribution in [2.75, 3.05) is 39.8 Å².